The topological polar surface area (TPSA) is 38.5 Å². The van der Waals surface area contributed by atoms with E-state index in [0.717, 1.165) is 35.8 Å². The first-order valence-electron chi connectivity index (χ1n) is 6.50. The fraction of sp³-hybridized carbons (Fsp3) is 0.500. The molecule has 5 heteroatoms. The van der Waals surface area contributed by atoms with Crippen LogP contribution in [0.3, 0.4) is 0 Å². The highest BCUT2D eigenvalue weighted by atomic mass is 32.2. The van der Waals surface area contributed by atoms with Gasteiger partial charge in [0.1, 0.15) is 10.7 Å². The van der Waals surface area contributed by atoms with Gasteiger partial charge in [0.15, 0.2) is 0 Å². The molecule has 1 heterocycles. The molecule has 0 saturated carbocycles. The molecule has 1 aliphatic heterocycles. The first-order chi connectivity index (χ1) is 9.15. The van der Waals surface area contributed by atoms with Crippen molar-refractivity contribution in [1.29, 1.82) is 0 Å². The van der Waals surface area contributed by atoms with Gasteiger partial charge in [-0.05, 0) is 18.6 Å². The van der Waals surface area contributed by atoms with E-state index in [1.807, 2.05) is 30.0 Å². The Kier molecular flexibility index (Phi) is 4.93. The molecule has 2 N–H and O–H groups in total. The lowest BCUT2D eigenvalue weighted by atomic mass is 10.1. The summed E-state index contributed by atoms with van der Waals surface area (Å²) in [6.07, 6.45) is 1.19. The van der Waals surface area contributed by atoms with Crippen LogP contribution in [0.5, 0.6) is 5.75 Å². The number of hydrogen-bond donors (Lipinski definition) is 1. The van der Waals surface area contributed by atoms with Gasteiger partial charge in [0.25, 0.3) is 0 Å². The van der Waals surface area contributed by atoms with E-state index < -0.39 is 0 Å². The highest BCUT2D eigenvalue weighted by molar-refractivity contribution is 8.00. The van der Waals surface area contributed by atoms with Crippen LogP contribution in [0.2, 0.25) is 0 Å². The van der Waals surface area contributed by atoms with E-state index in [0.29, 0.717) is 10.2 Å². The van der Waals surface area contributed by atoms with Crippen LogP contribution in [-0.2, 0) is 0 Å². The Morgan fingerprint density at radius 3 is 3.00 bits per heavy atom. The zero-order valence-electron chi connectivity index (χ0n) is 11.4. The number of hydrogen-bond acceptors (Lipinski definition) is 4. The average Bonchev–Trinajstić information content (AvgIpc) is 2.46. The molecule has 2 rings (SSSR count). The molecule has 1 fully saturated rings. The highest BCUT2D eigenvalue weighted by Crippen LogP contribution is 2.31. The summed E-state index contributed by atoms with van der Waals surface area (Å²) in [7, 11) is 1.68. The van der Waals surface area contributed by atoms with E-state index in [-0.39, 0.29) is 0 Å². The first-order valence-corrected chi connectivity index (χ1v) is 7.95. The Labute approximate surface area is 124 Å². The number of thiocarbonyl (C=S) groups is 1. The van der Waals surface area contributed by atoms with Crippen LogP contribution in [0.25, 0.3) is 0 Å². The molecule has 0 amide bonds. The van der Waals surface area contributed by atoms with Crippen LogP contribution in [0, 0.1) is 0 Å². The van der Waals surface area contributed by atoms with Crippen LogP contribution in [-0.4, -0.2) is 36.2 Å². The van der Waals surface area contributed by atoms with Gasteiger partial charge in [-0.1, -0.05) is 19.1 Å². The highest BCUT2D eigenvalue weighted by Gasteiger charge is 2.22. The predicted molar refractivity (Wildman–Crippen MR) is 87.6 cm³/mol. The Morgan fingerprint density at radius 1 is 1.58 bits per heavy atom. The Bertz CT molecular complexity index is 465. The first kappa shape index (κ1) is 14.5. The van der Waals surface area contributed by atoms with Gasteiger partial charge >= 0.3 is 0 Å². The lowest BCUT2D eigenvalue weighted by molar-refractivity contribution is 0.414. The number of rotatable bonds is 4. The van der Waals surface area contributed by atoms with Crippen LogP contribution >= 0.6 is 24.0 Å². The SMILES string of the molecule is CCC1CN(c2cc(OC)ccc2C(N)=S)CCS1. The molecule has 3 nitrogen and oxygen atoms in total. The normalized spacial score (nSPS) is 19.3. The minimum absolute atomic E-state index is 0.448. The molecule has 0 radical (unpaired) electrons. The summed E-state index contributed by atoms with van der Waals surface area (Å²) < 4.78 is 5.32. The van der Waals surface area contributed by atoms with Gasteiger partial charge in [-0.15, -0.1) is 0 Å². The van der Waals surface area contributed by atoms with E-state index in [9.17, 15) is 0 Å². The summed E-state index contributed by atoms with van der Waals surface area (Å²) in [5, 5.41) is 0.680. The third kappa shape index (κ3) is 3.34. The molecule has 0 spiro atoms. The third-order valence-corrected chi connectivity index (χ3v) is 5.00. The van der Waals surface area contributed by atoms with Gasteiger partial charge in [0.05, 0.1) is 12.8 Å². The smallest absolute Gasteiger partial charge is 0.120 e. The monoisotopic (exact) mass is 296 g/mol. The fourth-order valence-electron chi connectivity index (χ4n) is 2.29. The Morgan fingerprint density at radius 2 is 2.37 bits per heavy atom. The standard InChI is InChI=1S/C14H20N2OS2/c1-3-11-9-16(6-7-19-11)13-8-10(17-2)4-5-12(13)14(15)18/h4-5,8,11H,3,6-7,9H2,1-2H3,(H2,15,18). The molecule has 0 aliphatic carbocycles. The van der Waals surface area contributed by atoms with Crippen molar-refractivity contribution in [2.45, 2.75) is 18.6 Å². The minimum Gasteiger partial charge on any atom is -0.497 e. The molecular formula is C14H20N2OS2. The van der Waals surface area contributed by atoms with E-state index in [2.05, 4.69) is 11.8 Å². The van der Waals surface area contributed by atoms with Crippen molar-refractivity contribution in [3.63, 3.8) is 0 Å². The summed E-state index contributed by atoms with van der Waals surface area (Å²) in [5.41, 5.74) is 7.88. The van der Waals surface area contributed by atoms with Crippen LogP contribution in [0.4, 0.5) is 5.69 Å². The third-order valence-electron chi connectivity index (χ3n) is 3.41. The summed E-state index contributed by atoms with van der Waals surface area (Å²) in [6.45, 7) is 4.31. The van der Waals surface area contributed by atoms with Crippen LogP contribution < -0.4 is 15.4 Å². The Balaban J connectivity index is 2.32. The number of benzene rings is 1. The number of anilines is 1. The molecule has 0 bridgehead atoms. The number of nitrogens with two attached hydrogens (primary N) is 1. The van der Waals surface area contributed by atoms with Crippen LogP contribution in [0.15, 0.2) is 18.2 Å². The Hall–Kier alpha value is -0.940. The molecule has 0 aromatic heterocycles. The zero-order chi connectivity index (χ0) is 13.8. The molecule has 1 aromatic rings. The van der Waals surface area contributed by atoms with Crippen molar-refractivity contribution in [3.05, 3.63) is 23.8 Å². The van der Waals surface area contributed by atoms with Crippen molar-refractivity contribution in [1.82, 2.24) is 0 Å². The van der Waals surface area contributed by atoms with Crippen LogP contribution in [0.1, 0.15) is 18.9 Å². The van der Waals surface area contributed by atoms with Crippen molar-refractivity contribution >= 4 is 34.7 Å². The second-order valence-corrected chi connectivity index (χ2v) is 6.44. The maximum atomic E-state index is 5.84. The zero-order valence-corrected chi connectivity index (χ0v) is 13.0. The molecule has 19 heavy (non-hydrogen) atoms. The summed E-state index contributed by atoms with van der Waals surface area (Å²) in [4.78, 5) is 2.82. The maximum Gasteiger partial charge on any atom is 0.120 e. The molecule has 1 saturated heterocycles. The largest absolute Gasteiger partial charge is 0.497 e. The van der Waals surface area contributed by atoms with Gasteiger partial charge in [0, 0.05) is 35.7 Å². The number of methoxy groups -OCH3 is 1. The lowest BCUT2D eigenvalue weighted by Gasteiger charge is -2.35. The second kappa shape index (κ2) is 6.48. The minimum atomic E-state index is 0.448. The van der Waals surface area contributed by atoms with Gasteiger partial charge < -0.3 is 15.4 Å². The fourth-order valence-corrected chi connectivity index (χ4v) is 3.65. The van der Waals surface area contributed by atoms with Crippen molar-refractivity contribution in [2.24, 2.45) is 5.73 Å². The number of ether oxygens (including phenoxy) is 1. The summed E-state index contributed by atoms with van der Waals surface area (Å²) in [5.74, 6) is 1.99. The summed E-state index contributed by atoms with van der Waals surface area (Å²) >= 11 is 7.21. The summed E-state index contributed by atoms with van der Waals surface area (Å²) in [6, 6.07) is 5.91. The van der Waals surface area contributed by atoms with E-state index >= 15 is 0 Å². The van der Waals surface area contributed by atoms with Gasteiger partial charge in [-0.3, -0.25) is 0 Å². The van der Waals surface area contributed by atoms with E-state index in [4.69, 9.17) is 22.7 Å². The van der Waals surface area contributed by atoms with Gasteiger partial charge in [-0.2, -0.15) is 11.8 Å². The average molecular weight is 296 g/mol. The molecule has 1 aromatic carbocycles. The predicted octanol–water partition coefficient (Wildman–Crippen LogP) is 2.66. The molecular weight excluding hydrogens is 276 g/mol. The number of thioether (sulfide) groups is 1. The second-order valence-electron chi connectivity index (χ2n) is 4.59. The lowest BCUT2D eigenvalue weighted by Crippen LogP contribution is -2.38. The van der Waals surface area contributed by atoms with Crippen molar-refractivity contribution < 1.29 is 4.74 Å². The molecule has 1 atom stereocenters. The quantitative estimate of drug-likeness (QED) is 0.865. The molecule has 1 aliphatic rings. The van der Waals surface area contributed by atoms with E-state index in [1.165, 1.54) is 6.42 Å². The van der Waals surface area contributed by atoms with Gasteiger partial charge in [-0.25, -0.2) is 0 Å². The number of nitrogens with zero attached hydrogens (tertiary/aromatic N) is 1. The molecule has 1 unspecified atom stereocenters. The van der Waals surface area contributed by atoms with Crippen molar-refractivity contribution in [3.8, 4) is 5.75 Å². The van der Waals surface area contributed by atoms with Crippen molar-refractivity contribution in [2.75, 3.05) is 30.9 Å². The van der Waals surface area contributed by atoms with E-state index in [1.54, 1.807) is 7.11 Å². The molecule has 104 valence electrons. The van der Waals surface area contributed by atoms with Gasteiger partial charge in [0.2, 0.25) is 0 Å². The maximum absolute atomic E-state index is 5.84.